The molecular weight excluding hydrogens is 386 g/mol. The Morgan fingerprint density at radius 2 is 2.07 bits per heavy atom. The van der Waals surface area contributed by atoms with E-state index in [2.05, 4.69) is 22.2 Å². The Balaban J connectivity index is 1.57. The standard InChI is InChI=1S/C23H24F2N4O/c1-27-13-16(12-26-27)18-8-14-4-3-7-29(21(14)11-19(18)23(24)25)17-6-5-15-9-22(30)28(2)20(15)10-17/h6,8,10-13,15,23H,3-5,7,9H2,1-2H3. The summed E-state index contributed by atoms with van der Waals surface area (Å²) in [7, 11) is 3.60. The first kappa shape index (κ1) is 19.0. The number of halogens is 2. The van der Waals surface area contributed by atoms with Gasteiger partial charge < -0.3 is 9.80 Å². The fourth-order valence-corrected chi connectivity index (χ4v) is 4.86. The normalized spacial score (nSPS) is 21.0. The molecule has 0 spiro atoms. The summed E-state index contributed by atoms with van der Waals surface area (Å²) >= 11 is 0. The Morgan fingerprint density at radius 3 is 2.80 bits per heavy atom. The average Bonchev–Trinajstić information content (AvgIpc) is 3.29. The summed E-state index contributed by atoms with van der Waals surface area (Å²) < 4.78 is 29.7. The van der Waals surface area contributed by atoms with Crippen molar-refractivity contribution in [2.24, 2.45) is 13.0 Å². The zero-order chi connectivity index (χ0) is 21.0. The van der Waals surface area contributed by atoms with E-state index in [1.807, 2.05) is 13.1 Å². The highest BCUT2D eigenvalue weighted by Crippen LogP contribution is 2.42. The number of carbonyl (C=O) groups is 1. The number of aryl methyl sites for hydroxylation is 2. The fourth-order valence-electron chi connectivity index (χ4n) is 4.86. The SMILES string of the molecule is CN1C(=O)CC2CC=C(N3CCCc4cc(-c5cnn(C)c5)c(C(F)F)cc43)C=C21. The zero-order valence-corrected chi connectivity index (χ0v) is 17.1. The van der Waals surface area contributed by atoms with E-state index >= 15 is 0 Å². The van der Waals surface area contributed by atoms with Crippen molar-refractivity contribution in [1.82, 2.24) is 14.7 Å². The maximum Gasteiger partial charge on any atom is 0.264 e. The highest BCUT2D eigenvalue weighted by atomic mass is 19.3. The van der Waals surface area contributed by atoms with Crippen LogP contribution in [0, 0.1) is 5.92 Å². The number of anilines is 1. The quantitative estimate of drug-likeness (QED) is 0.752. The van der Waals surface area contributed by atoms with Crippen LogP contribution in [0.1, 0.15) is 36.8 Å². The number of benzene rings is 1. The summed E-state index contributed by atoms with van der Waals surface area (Å²) in [6.07, 6.45) is 8.20. The molecule has 5 rings (SSSR count). The highest BCUT2D eigenvalue weighted by Gasteiger charge is 2.35. The lowest BCUT2D eigenvalue weighted by atomic mass is 9.91. The van der Waals surface area contributed by atoms with Crippen LogP contribution in [0.15, 0.2) is 48.1 Å². The van der Waals surface area contributed by atoms with E-state index in [1.165, 1.54) is 0 Å². The van der Waals surface area contributed by atoms with Gasteiger partial charge in [-0.1, -0.05) is 6.08 Å². The van der Waals surface area contributed by atoms with Crippen LogP contribution in [0.3, 0.4) is 0 Å². The summed E-state index contributed by atoms with van der Waals surface area (Å²) in [5.74, 6) is 0.376. The Bertz CT molecular complexity index is 1080. The number of allylic oxidation sites excluding steroid dienone is 3. The summed E-state index contributed by atoms with van der Waals surface area (Å²) in [5, 5.41) is 4.15. The first-order valence-electron chi connectivity index (χ1n) is 10.3. The molecular formula is C23H24F2N4O. The van der Waals surface area contributed by atoms with Gasteiger partial charge in [0.2, 0.25) is 5.91 Å². The molecule has 0 saturated carbocycles. The maximum absolute atomic E-state index is 14.0. The van der Waals surface area contributed by atoms with Crippen LogP contribution in [0.25, 0.3) is 11.1 Å². The van der Waals surface area contributed by atoms with E-state index < -0.39 is 6.43 Å². The van der Waals surface area contributed by atoms with Crippen LogP contribution < -0.4 is 4.90 Å². The van der Waals surface area contributed by atoms with Crippen molar-refractivity contribution >= 4 is 11.6 Å². The Hall–Kier alpha value is -2.96. The van der Waals surface area contributed by atoms with Crippen LogP contribution in [-0.2, 0) is 18.3 Å². The number of nitrogens with zero attached hydrogens (tertiary/aromatic N) is 4. The Morgan fingerprint density at radius 1 is 1.23 bits per heavy atom. The Kier molecular flexibility index (Phi) is 4.49. The summed E-state index contributed by atoms with van der Waals surface area (Å²) in [6.45, 7) is 0.778. The molecule has 0 radical (unpaired) electrons. The minimum absolute atomic E-state index is 0.0313. The Labute approximate surface area is 174 Å². The van der Waals surface area contributed by atoms with Gasteiger partial charge in [-0.05, 0) is 48.6 Å². The van der Waals surface area contributed by atoms with Gasteiger partial charge in [0, 0.05) is 67.4 Å². The van der Waals surface area contributed by atoms with Crippen LogP contribution >= 0.6 is 0 Å². The van der Waals surface area contributed by atoms with E-state index in [-0.39, 0.29) is 17.4 Å². The molecule has 0 N–H and O–H groups in total. The first-order chi connectivity index (χ1) is 14.4. The topological polar surface area (TPSA) is 41.4 Å². The van der Waals surface area contributed by atoms with Gasteiger partial charge in [-0.3, -0.25) is 9.48 Å². The fraction of sp³-hybridized carbons (Fsp3) is 0.391. The van der Waals surface area contributed by atoms with Crippen molar-refractivity contribution in [1.29, 1.82) is 0 Å². The molecule has 7 heteroatoms. The predicted molar refractivity (Wildman–Crippen MR) is 111 cm³/mol. The van der Waals surface area contributed by atoms with Gasteiger partial charge in [0.1, 0.15) is 0 Å². The maximum atomic E-state index is 14.0. The first-order valence-corrected chi connectivity index (χ1v) is 10.3. The van der Waals surface area contributed by atoms with Gasteiger partial charge in [-0.25, -0.2) is 8.78 Å². The molecule has 1 aliphatic carbocycles. The summed E-state index contributed by atoms with van der Waals surface area (Å²) in [6, 6.07) is 3.56. The largest absolute Gasteiger partial charge is 0.341 e. The zero-order valence-electron chi connectivity index (χ0n) is 17.1. The number of hydrogen-bond donors (Lipinski definition) is 0. The van der Waals surface area contributed by atoms with Gasteiger partial charge in [0.05, 0.1) is 6.20 Å². The lowest BCUT2D eigenvalue weighted by Gasteiger charge is -2.35. The molecule has 156 valence electrons. The van der Waals surface area contributed by atoms with E-state index in [1.54, 1.807) is 35.1 Å². The number of aromatic nitrogens is 2. The number of likely N-dealkylation sites (tertiary alicyclic amines) is 1. The third-order valence-corrected chi connectivity index (χ3v) is 6.44. The van der Waals surface area contributed by atoms with E-state index in [0.29, 0.717) is 17.5 Å². The molecule has 1 unspecified atom stereocenters. The van der Waals surface area contributed by atoms with E-state index in [0.717, 1.165) is 48.5 Å². The number of fused-ring (bicyclic) bond motifs is 2. The van der Waals surface area contributed by atoms with Crippen molar-refractivity contribution in [3.05, 3.63) is 59.2 Å². The number of rotatable bonds is 3. The second-order valence-corrected chi connectivity index (χ2v) is 8.31. The third-order valence-electron chi connectivity index (χ3n) is 6.44. The minimum atomic E-state index is -2.57. The molecule has 2 aromatic rings. The van der Waals surface area contributed by atoms with E-state index in [4.69, 9.17) is 0 Å². The molecule has 3 heterocycles. The van der Waals surface area contributed by atoms with E-state index in [9.17, 15) is 13.6 Å². The summed E-state index contributed by atoms with van der Waals surface area (Å²) in [4.78, 5) is 15.9. The van der Waals surface area contributed by atoms with Crippen LogP contribution in [0.2, 0.25) is 0 Å². The minimum Gasteiger partial charge on any atom is -0.341 e. The van der Waals surface area contributed by atoms with Gasteiger partial charge in [-0.15, -0.1) is 0 Å². The monoisotopic (exact) mass is 410 g/mol. The molecule has 0 bridgehead atoms. The van der Waals surface area contributed by atoms with Crippen LogP contribution in [0.5, 0.6) is 0 Å². The van der Waals surface area contributed by atoms with Crippen molar-refractivity contribution in [3.8, 4) is 11.1 Å². The van der Waals surface area contributed by atoms with Gasteiger partial charge in [0.25, 0.3) is 6.43 Å². The number of carbonyl (C=O) groups excluding carboxylic acids is 1. The third kappa shape index (κ3) is 3.04. The predicted octanol–water partition coefficient (Wildman–Crippen LogP) is 4.43. The smallest absolute Gasteiger partial charge is 0.264 e. The molecule has 1 atom stereocenters. The molecule has 1 aromatic carbocycles. The molecule has 1 aromatic heterocycles. The second-order valence-electron chi connectivity index (χ2n) is 8.31. The highest BCUT2D eigenvalue weighted by molar-refractivity contribution is 5.82. The molecule has 3 aliphatic rings. The van der Waals surface area contributed by atoms with Crippen molar-refractivity contribution in [2.45, 2.75) is 32.1 Å². The van der Waals surface area contributed by atoms with Crippen LogP contribution in [0.4, 0.5) is 14.5 Å². The lowest BCUT2D eigenvalue weighted by Crippen LogP contribution is -2.30. The molecule has 1 fully saturated rings. The van der Waals surface area contributed by atoms with Crippen molar-refractivity contribution < 1.29 is 13.6 Å². The second kappa shape index (κ2) is 7.07. The molecule has 2 aliphatic heterocycles. The number of alkyl halides is 2. The lowest BCUT2D eigenvalue weighted by molar-refractivity contribution is -0.125. The number of hydrogen-bond acceptors (Lipinski definition) is 3. The van der Waals surface area contributed by atoms with Gasteiger partial charge in [0.15, 0.2) is 0 Å². The molecule has 1 amide bonds. The molecule has 5 nitrogen and oxygen atoms in total. The van der Waals surface area contributed by atoms with Gasteiger partial charge in [-0.2, -0.15) is 5.10 Å². The molecule has 1 saturated heterocycles. The molecule has 30 heavy (non-hydrogen) atoms. The van der Waals surface area contributed by atoms with Crippen molar-refractivity contribution in [3.63, 3.8) is 0 Å². The van der Waals surface area contributed by atoms with Crippen molar-refractivity contribution in [2.75, 3.05) is 18.5 Å². The van der Waals surface area contributed by atoms with Crippen LogP contribution in [-0.4, -0.2) is 34.2 Å². The number of amides is 1. The van der Waals surface area contributed by atoms with Gasteiger partial charge >= 0.3 is 0 Å². The average molecular weight is 410 g/mol. The summed E-state index contributed by atoms with van der Waals surface area (Å²) in [5.41, 5.74) is 5.24.